The number of pyridine rings is 1. The Labute approximate surface area is 112 Å². The van der Waals surface area contributed by atoms with E-state index >= 15 is 0 Å². The number of hydrogen-bond donors (Lipinski definition) is 1. The predicted molar refractivity (Wildman–Crippen MR) is 72.3 cm³/mol. The Morgan fingerprint density at radius 1 is 1.26 bits per heavy atom. The average molecular weight is 256 g/mol. The van der Waals surface area contributed by atoms with Crippen LogP contribution < -0.4 is 5.32 Å². The zero-order valence-electron chi connectivity index (χ0n) is 10.7. The van der Waals surface area contributed by atoms with Gasteiger partial charge in [-0.25, -0.2) is 0 Å². The summed E-state index contributed by atoms with van der Waals surface area (Å²) in [5, 5.41) is 2.84. The van der Waals surface area contributed by atoms with Crippen LogP contribution in [-0.4, -0.2) is 18.0 Å². The number of amides is 1. The number of rotatable bonds is 5. The van der Waals surface area contributed by atoms with Crippen LogP contribution in [0.3, 0.4) is 0 Å². The molecule has 19 heavy (non-hydrogen) atoms. The van der Waals surface area contributed by atoms with Crippen LogP contribution in [0.15, 0.2) is 54.9 Å². The number of benzene rings is 1. The topological polar surface area (TPSA) is 51.2 Å². The van der Waals surface area contributed by atoms with Gasteiger partial charge in [-0.3, -0.25) is 9.78 Å². The number of hydrogen-bond acceptors (Lipinski definition) is 3. The standard InChI is InChI=1S/C15H16N2O2/c1-19-14(13-7-3-2-4-8-13)15(18)17-11-12-6-5-9-16-10-12/h2-10,14H,11H2,1H3,(H,17,18)/t14-/m1/s1. The van der Waals surface area contributed by atoms with Gasteiger partial charge in [0.1, 0.15) is 0 Å². The molecule has 4 nitrogen and oxygen atoms in total. The van der Waals surface area contributed by atoms with Crippen LogP contribution >= 0.6 is 0 Å². The molecule has 1 aromatic carbocycles. The van der Waals surface area contributed by atoms with E-state index in [4.69, 9.17) is 4.74 Å². The second-order valence-corrected chi connectivity index (χ2v) is 4.11. The van der Waals surface area contributed by atoms with E-state index in [1.807, 2.05) is 42.5 Å². The second-order valence-electron chi connectivity index (χ2n) is 4.11. The normalized spacial score (nSPS) is 11.8. The minimum absolute atomic E-state index is 0.155. The van der Waals surface area contributed by atoms with E-state index in [1.165, 1.54) is 7.11 Å². The largest absolute Gasteiger partial charge is 0.367 e. The molecule has 1 amide bonds. The van der Waals surface area contributed by atoms with Gasteiger partial charge in [-0.1, -0.05) is 36.4 Å². The van der Waals surface area contributed by atoms with Gasteiger partial charge < -0.3 is 10.1 Å². The molecule has 1 heterocycles. The van der Waals surface area contributed by atoms with Crippen LogP contribution in [0.25, 0.3) is 0 Å². The van der Waals surface area contributed by atoms with E-state index in [0.717, 1.165) is 11.1 Å². The average Bonchev–Trinajstić information content (AvgIpc) is 2.48. The molecule has 98 valence electrons. The molecule has 2 aromatic rings. The third-order valence-corrected chi connectivity index (χ3v) is 2.77. The predicted octanol–water partition coefficient (Wildman–Crippen LogP) is 2.09. The van der Waals surface area contributed by atoms with Crippen molar-refractivity contribution < 1.29 is 9.53 Å². The molecule has 2 rings (SSSR count). The molecule has 0 aliphatic rings. The minimum Gasteiger partial charge on any atom is -0.367 e. The molecule has 0 spiro atoms. The first kappa shape index (κ1) is 13.2. The Kier molecular flexibility index (Phi) is 4.64. The van der Waals surface area contributed by atoms with E-state index in [1.54, 1.807) is 12.4 Å². The van der Waals surface area contributed by atoms with Crippen molar-refractivity contribution in [1.82, 2.24) is 10.3 Å². The highest BCUT2D eigenvalue weighted by Gasteiger charge is 2.19. The number of nitrogens with zero attached hydrogens (tertiary/aromatic N) is 1. The van der Waals surface area contributed by atoms with Crippen molar-refractivity contribution in [3.63, 3.8) is 0 Å². The Bertz CT molecular complexity index is 514. The Morgan fingerprint density at radius 3 is 2.68 bits per heavy atom. The fourth-order valence-corrected chi connectivity index (χ4v) is 1.81. The summed E-state index contributed by atoms with van der Waals surface area (Å²) in [5.74, 6) is -0.155. The summed E-state index contributed by atoms with van der Waals surface area (Å²) in [6, 6.07) is 13.2. The maximum absolute atomic E-state index is 12.1. The quantitative estimate of drug-likeness (QED) is 0.891. The van der Waals surface area contributed by atoms with Gasteiger partial charge >= 0.3 is 0 Å². The molecule has 0 unspecified atom stereocenters. The van der Waals surface area contributed by atoms with Crippen molar-refractivity contribution >= 4 is 5.91 Å². The number of aromatic nitrogens is 1. The summed E-state index contributed by atoms with van der Waals surface area (Å²) in [7, 11) is 1.53. The van der Waals surface area contributed by atoms with Gasteiger partial charge in [-0.2, -0.15) is 0 Å². The van der Waals surface area contributed by atoms with Gasteiger partial charge in [0, 0.05) is 26.0 Å². The number of methoxy groups -OCH3 is 1. The maximum atomic E-state index is 12.1. The molecule has 0 radical (unpaired) electrons. The van der Waals surface area contributed by atoms with E-state index in [0.29, 0.717) is 6.54 Å². The van der Waals surface area contributed by atoms with Gasteiger partial charge in [0.25, 0.3) is 5.91 Å². The summed E-state index contributed by atoms with van der Waals surface area (Å²) >= 11 is 0. The first-order valence-corrected chi connectivity index (χ1v) is 6.05. The molecule has 0 bridgehead atoms. The molecule has 1 N–H and O–H groups in total. The number of nitrogens with one attached hydrogen (secondary N) is 1. The Balaban J connectivity index is 1.98. The van der Waals surface area contributed by atoms with Gasteiger partial charge in [0.05, 0.1) is 0 Å². The van der Waals surface area contributed by atoms with E-state index in [9.17, 15) is 4.79 Å². The zero-order valence-corrected chi connectivity index (χ0v) is 10.7. The molecular formula is C15H16N2O2. The highest BCUT2D eigenvalue weighted by Crippen LogP contribution is 2.16. The fraction of sp³-hybridized carbons (Fsp3) is 0.200. The van der Waals surface area contributed by atoms with Crippen molar-refractivity contribution in [3.05, 3.63) is 66.0 Å². The van der Waals surface area contributed by atoms with Crippen LogP contribution in [-0.2, 0) is 16.1 Å². The maximum Gasteiger partial charge on any atom is 0.254 e. The third kappa shape index (κ3) is 3.63. The van der Waals surface area contributed by atoms with Crippen LogP contribution in [0.5, 0.6) is 0 Å². The van der Waals surface area contributed by atoms with Crippen LogP contribution in [0.4, 0.5) is 0 Å². The highest BCUT2D eigenvalue weighted by molar-refractivity contribution is 5.82. The summed E-state index contributed by atoms with van der Waals surface area (Å²) in [6.45, 7) is 0.444. The van der Waals surface area contributed by atoms with E-state index in [-0.39, 0.29) is 5.91 Å². The molecule has 1 atom stereocenters. The monoisotopic (exact) mass is 256 g/mol. The lowest BCUT2D eigenvalue weighted by Crippen LogP contribution is -2.29. The summed E-state index contributed by atoms with van der Waals surface area (Å²) < 4.78 is 5.26. The molecule has 0 aliphatic heterocycles. The summed E-state index contributed by atoms with van der Waals surface area (Å²) in [5.41, 5.74) is 1.80. The Morgan fingerprint density at radius 2 is 2.05 bits per heavy atom. The smallest absolute Gasteiger partial charge is 0.254 e. The third-order valence-electron chi connectivity index (χ3n) is 2.77. The van der Waals surface area contributed by atoms with E-state index in [2.05, 4.69) is 10.3 Å². The van der Waals surface area contributed by atoms with Crippen molar-refractivity contribution in [2.24, 2.45) is 0 Å². The van der Waals surface area contributed by atoms with Gasteiger partial charge in [-0.15, -0.1) is 0 Å². The molecule has 0 saturated carbocycles. The van der Waals surface area contributed by atoms with Crippen molar-refractivity contribution in [3.8, 4) is 0 Å². The van der Waals surface area contributed by atoms with E-state index < -0.39 is 6.10 Å². The molecule has 0 fully saturated rings. The summed E-state index contributed by atoms with van der Waals surface area (Å²) in [6.07, 6.45) is 2.84. The van der Waals surface area contributed by atoms with Gasteiger partial charge in [0.2, 0.25) is 0 Å². The van der Waals surface area contributed by atoms with Crippen molar-refractivity contribution in [2.75, 3.05) is 7.11 Å². The lowest BCUT2D eigenvalue weighted by atomic mass is 10.1. The molecule has 1 aromatic heterocycles. The zero-order chi connectivity index (χ0) is 13.5. The Hall–Kier alpha value is -2.20. The highest BCUT2D eigenvalue weighted by atomic mass is 16.5. The van der Waals surface area contributed by atoms with Crippen molar-refractivity contribution in [2.45, 2.75) is 12.6 Å². The SMILES string of the molecule is CO[C@@H](C(=O)NCc1cccnc1)c1ccccc1. The number of ether oxygens (including phenoxy) is 1. The second kappa shape index (κ2) is 6.66. The van der Waals surface area contributed by atoms with Gasteiger partial charge in [0.15, 0.2) is 6.10 Å². The minimum atomic E-state index is -0.585. The van der Waals surface area contributed by atoms with Crippen LogP contribution in [0, 0.1) is 0 Å². The van der Waals surface area contributed by atoms with Gasteiger partial charge in [-0.05, 0) is 17.2 Å². The number of carbonyl (C=O) groups excluding carboxylic acids is 1. The van der Waals surface area contributed by atoms with Crippen LogP contribution in [0.2, 0.25) is 0 Å². The first-order chi connectivity index (χ1) is 9.31. The lowest BCUT2D eigenvalue weighted by Gasteiger charge is -2.15. The lowest BCUT2D eigenvalue weighted by molar-refractivity contribution is -0.131. The van der Waals surface area contributed by atoms with Crippen LogP contribution in [0.1, 0.15) is 17.2 Å². The first-order valence-electron chi connectivity index (χ1n) is 6.05. The fourth-order valence-electron chi connectivity index (χ4n) is 1.81. The molecule has 0 aliphatic carbocycles. The van der Waals surface area contributed by atoms with Crippen molar-refractivity contribution in [1.29, 1.82) is 0 Å². The number of carbonyl (C=O) groups is 1. The summed E-state index contributed by atoms with van der Waals surface area (Å²) in [4.78, 5) is 16.1. The molecule has 0 saturated heterocycles. The molecular weight excluding hydrogens is 240 g/mol. The molecule has 4 heteroatoms.